The van der Waals surface area contributed by atoms with Gasteiger partial charge in [-0.05, 0) is 18.1 Å². The van der Waals surface area contributed by atoms with E-state index in [2.05, 4.69) is 20.6 Å². The minimum absolute atomic E-state index is 0.180. The minimum Gasteiger partial charge on any atom is -0.463 e. The van der Waals surface area contributed by atoms with Crippen LogP contribution in [0.1, 0.15) is 45.1 Å². The van der Waals surface area contributed by atoms with Gasteiger partial charge in [-0.25, -0.2) is 0 Å². The third kappa shape index (κ3) is 3.71. The largest absolute Gasteiger partial charge is 0.463 e. The summed E-state index contributed by atoms with van der Waals surface area (Å²) >= 11 is 0. The highest BCUT2D eigenvalue weighted by Crippen LogP contribution is 2.19. The summed E-state index contributed by atoms with van der Waals surface area (Å²) in [5, 5.41) is 5.85. The Morgan fingerprint density at radius 2 is 1.45 bits per heavy atom. The number of carbonyl (C=O) groups is 2. The second-order valence-corrected chi connectivity index (χ2v) is 7.38. The van der Waals surface area contributed by atoms with Gasteiger partial charge < -0.3 is 29.4 Å². The Morgan fingerprint density at radius 3 is 2.03 bits per heavy atom. The molecule has 1 atom stereocenters. The van der Waals surface area contributed by atoms with Crippen molar-refractivity contribution in [1.29, 1.82) is 0 Å². The van der Waals surface area contributed by atoms with Crippen LogP contribution >= 0.6 is 0 Å². The molecule has 0 bridgehead atoms. The van der Waals surface area contributed by atoms with Crippen LogP contribution in [-0.4, -0.2) is 21.8 Å². The zero-order chi connectivity index (χ0) is 21.4. The molecule has 5 aromatic rings. The Labute approximate surface area is 176 Å². The maximum atomic E-state index is 12.5. The van der Waals surface area contributed by atoms with Gasteiger partial charge in [-0.3, -0.25) is 9.59 Å². The van der Waals surface area contributed by atoms with Crippen molar-refractivity contribution in [3.63, 3.8) is 0 Å². The minimum atomic E-state index is -0.202. The van der Waals surface area contributed by atoms with Crippen molar-refractivity contribution in [3.8, 4) is 0 Å². The highest BCUT2D eigenvalue weighted by Gasteiger charge is 2.15. The molecule has 1 aromatic carbocycles. The van der Waals surface area contributed by atoms with Gasteiger partial charge in [-0.15, -0.1) is 0 Å². The molecule has 0 fully saturated rings. The summed E-state index contributed by atoms with van der Waals surface area (Å²) in [4.78, 5) is 30.9. The summed E-state index contributed by atoms with van der Waals surface area (Å²) in [5.74, 6) is -0.403. The molecule has 0 aliphatic rings. The second kappa shape index (κ2) is 7.56. The van der Waals surface area contributed by atoms with Crippen LogP contribution in [-0.2, 0) is 6.54 Å². The number of aromatic nitrogens is 2. The number of H-pyrrole nitrogens is 2. The van der Waals surface area contributed by atoms with E-state index >= 15 is 0 Å². The fraction of sp³-hybridized carbons (Fsp3) is 0.130. The number of carbonyl (C=O) groups excluding carboxylic acids is 2. The van der Waals surface area contributed by atoms with Gasteiger partial charge in [0.1, 0.15) is 11.4 Å². The molecular weight excluding hydrogens is 396 g/mol. The SMILES string of the molecule is CC(NC(=O)c1cc2occc2[nH]1)c1ccc(CNC(=O)c2cc3occc3[nH]2)cc1. The Balaban J connectivity index is 1.18. The molecule has 156 valence electrons. The molecule has 2 amide bonds. The van der Waals surface area contributed by atoms with Crippen LogP contribution in [0.3, 0.4) is 0 Å². The number of benzene rings is 1. The van der Waals surface area contributed by atoms with Crippen LogP contribution in [0, 0.1) is 0 Å². The zero-order valence-corrected chi connectivity index (χ0v) is 16.7. The Morgan fingerprint density at radius 1 is 0.871 bits per heavy atom. The molecule has 0 saturated heterocycles. The topological polar surface area (TPSA) is 116 Å². The van der Waals surface area contributed by atoms with Crippen LogP contribution < -0.4 is 10.6 Å². The van der Waals surface area contributed by atoms with Crippen LogP contribution in [0.2, 0.25) is 0 Å². The monoisotopic (exact) mass is 416 g/mol. The van der Waals surface area contributed by atoms with Gasteiger partial charge in [0.05, 0.1) is 29.6 Å². The summed E-state index contributed by atoms with van der Waals surface area (Å²) in [7, 11) is 0. The van der Waals surface area contributed by atoms with Crippen molar-refractivity contribution in [2.75, 3.05) is 0 Å². The lowest BCUT2D eigenvalue weighted by atomic mass is 10.1. The molecule has 0 saturated carbocycles. The number of hydrogen-bond acceptors (Lipinski definition) is 4. The number of furan rings is 2. The van der Waals surface area contributed by atoms with Crippen molar-refractivity contribution in [2.45, 2.75) is 19.5 Å². The van der Waals surface area contributed by atoms with Crippen molar-refractivity contribution in [1.82, 2.24) is 20.6 Å². The van der Waals surface area contributed by atoms with E-state index < -0.39 is 0 Å². The lowest BCUT2D eigenvalue weighted by Gasteiger charge is -2.14. The van der Waals surface area contributed by atoms with E-state index in [0.29, 0.717) is 29.1 Å². The molecule has 0 radical (unpaired) electrons. The quantitative estimate of drug-likeness (QED) is 0.331. The van der Waals surface area contributed by atoms with Crippen LogP contribution in [0.15, 0.2) is 69.9 Å². The lowest BCUT2D eigenvalue weighted by molar-refractivity contribution is 0.0931. The van der Waals surface area contributed by atoms with E-state index in [1.54, 1.807) is 36.8 Å². The van der Waals surface area contributed by atoms with Crippen molar-refractivity contribution in [2.24, 2.45) is 0 Å². The highest BCUT2D eigenvalue weighted by molar-refractivity contribution is 5.97. The normalized spacial score (nSPS) is 12.3. The Bertz CT molecular complexity index is 1310. The zero-order valence-electron chi connectivity index (χ0n) is 16.7. The van der Waals surface area contributed by atoms with E-state index in [4.69, 9.17) is 8.83 Å². The van der Waals surface area contributed by atoms with Crippen molar-refractivity contribution in [3.05, 3.63) is 83.6 Å². The van der Waals surface area contributed by atoms with E-state index in [1.807, 2.05) is 31.2 Å². The van der Waals surface area contributed by atoms with Crippen molar-refractivity contribution >= 4 is 34.0 Å². The van der Waals surface area contributed by atoms with Gasteiger partial charge >= 0.3 is 0 Å². The highest BCUT2D eigenvalue weighted by atomic mass is 16.3. The van der Waals surface area contributed by atoms with Crippen LogP contribution in [0.25, 0.3) is 22.2 Å². The molecule has 4 heterocycles. The van der Waals surface area contributed by atoms with Gasteiger partial charge in [-0.1, -0.05) is 24.3 Å². The first kappa shape index (κ1) is 18.8. The summed E-state index contributed by atoms with van der Waals surface area (Å²) < 4.78 is 10.5. The van der Waals surface area contributed by atoms with Crippen LogP contribution in [0.5, 0.6) is 0 Å². The second-order valence-electron chi connectivity index (χ2n) is 7.38. The van der Waals surface area contributed by atoms with Gasteiger partial charge in [0.15, 0.2) is 11.2 Å². The third-order valence-corrected chi connectivity index (χ3v) is 5.25. The number of hydrogen-bond donors (Lipinski definition) is 4. The fourth-order valence-electron chi connectivity index (χ4n) is 3.50. The molecule has 0 spiro atoms. The molecule has 8 heteroatoms. The smallest absolute Gasteiger partial charge is 0.268 e. The molecule has 0 aliphatic carbocycles. The first-order chi connectivity index (χ1) is 15.1. The fourth-order valence-corrected chi connectivity index (χ4v) is 3.50. The number of fused-ring (bicyclic) bond motifs is 2. The average molecular weight is 416 g/mol. The summed E-state index contributed by atoms with van der Waals surface area (Å²) in [5.41, 5.74) is 5.71. The third-order valence-electron chi connectivity index (χ3n) is 5.25. The van der Waals surface area contributed by atoms with E-state index in [0.717, 1.165) is 22.2 Å². The molecule has 5 rings (SSSR count). The molecule has 31 heavy (non-hydrogen) atoms. The molecule has 1 unspecified atom stereocenters. The molecule has 8 nitrogen and oxygen atoms in total. The van der Waals surface area contributed by atoms with E-state index in [-0.39, 0.29) is 17.9 Å². The average Bonchev–Trinajstić information content (AvgIpc) is 3.52. The van der Waals surface area contributed by atoms with E-state index in [9.17, 15) is 9.59 Å². The Hall–Kier alpha value is -4.20. The maximum absolute atomic E-state index is 12.5. The number of rotatable bonds is 6. The van der Waals surface area contributed by atoms with Crippen LogP contribution in [0.4, 0.5) is 0 Å². The number of aromatic amines is 2. The predicted molar refractivity (Wildman–Crippen MR) is 115 cm³/mol. The molecule has 4 N–H and O–H groups in total. The summed E-state index contributed by atoms with van der Waals surface area (Å²) in [6.45, 7) is 2.31. The molecular formula is C23H20N4O4. The summed E-state index contributed by atoms with van der Waals surface area (Å²) in [6.07, 6.45) is 3.15. The van der Waals surface area contributed by atoms with Gasteiger partial charge in [-0.2, -0.15) is 0 Å². The summed E-state index contributed by atoms with van der Waals surface area (Å²) in [6, 6.07) is 14.5. The van der Waals surface area contributed by atoms with Gasteiger partial charge in [0.25, 0.3) is 11.8 Å². The number of amides is 2. The molecule has 4 aromatic heterocycles. The van der Waals surface area contributed by atoms with E-state index in [1.165, 1.54) is 0 Å². The van der Waals surface area contributed by atoms with Gasteiger partial charge in [0.2, 0.25) is 0 Å². The first-order valence-corrected chi connectivity index (χ1v) is 9.87. The predicted octanol–water partition coefficient (Wildman–Crippen LogP) is 4.26. The van der Waals surface area contributed by atoms with Gasteiger partial charge in [0, 0.05) is 30.8 Å². The molecule has 0 aliphatic heterocycles. The maximum Gasteiger partial charge on any atom is 0.268 e. The number of nitrogens with one attached hydrogen (secondary N) is 4. The lowest BCUT2D eigenvalue weighted by Crippen LogP contribution is -2.27. The first-order valence-electron chi connectivity index (χ1n) is 9.87. The standard InChI is InChI=1S/C23H20N4O4/c1-13(25-23(29)19-11-21-17(27-19)7-9-31-21)15-4-2-14(3-5-15)12-24-22(28)18-10-20-16(26-18)6-8-30-20/h2-11,13,26-27H,12H2,1H3,(H,24,28)(H,25,29). The van der Waals surface area contributed by atoms with Crippen molar-refractivity contribution < 1.29 is 18.4 Å². The Kier molecular flexibility index (Phi) is 4.59.